The van der Waals surface area contributed by atoms with Gasteiger partial charge in [-0.05, 0) is 39.2 Å². The number of likely N-dealkylation sites (tertiary alicyclic amines) is 1. The molecule has 2 N–H and O–H groups in total. The average molecular weight is 322 g/mol. The van der Waals surface area contributed by atoms with Crippen LogP contribution in [-0.4, -0.2) is 46.6 Å². The van der Waals surface area contributed by atoms with Crippen LogP contribution < -0.4 is 0 Å². The lowest BCUT2D eigenvalue weighted by atomic mass is 10.1. The van der Waals surface area contributed by atoms with Gasteiger partial charge in [-0.1, -0.05) is 12.8 Å². The van der Waals surface area contributed by atoms with Crippen LogP contribution in [0.3, 0.4) is 0 Å². The van der Waals surface area contributed by atoms with Crippen molar-refractivity contribution in [2.24, 2.45) is 0 Å². The first kappa shape index (κ1) is 17.5. The summed E-state index contributed by atoms with van der Waals surface area (Å²) < 4.78 is 5.17. The van der Waals surface area contributed by atoms with Crippen molar-refractivity contribution in [3.8, 4) is 0 Å². The van der Waals surface area contributed by atoms with Crippen LogP contribution in [0.4, 0.5) is 0 Å². The molecule has 1 aliphatic rings. The molecule has 0 spiro atoms. The molecule has 0 unspecified atom stereocenters. The summed E-state index contributed by atoms with van der Waals surface area (Å²) in [5.41, 5.74) is 2.42. The Morgan fingerprint density at radius 3 is 2.35 bits per heavy atom. The number of carbonyl (C=O) groups excluding carboxylic acids is 2. The van der Waals surface area contributed by atoms with Gasteiger partial charge in [-0.3, -0.25) is 4.79 Å². The number of ether oxygens (including phenoxy) is 1. The second-order valence-corrected chi connectivity index (χ2v) is 6.21. The second kappa shape index (κ2) is 7.64. The third-order valence-electron chi connectivity index (χ3n) is 4.40. The van der Waals surface area contributed by atoms with Gasteiger partial charge in [-0.15, -0.1) is 0 Å². The van der Waals surface area contributed by atoms with E-state index >= 15 is 0 Å². The smallest absolute Gasteiger partial charge is 0.355 e. The zero-order valence-corrected chi connectivity index (χ0v) is 14.1. The minimum Gasteiger partial charge on any atom is -0.451 e. The topological polar surface area (TPSA) is 82.6 Å². The Bertz CT molecular complexity index is 569. The number of hydrogen-bond acceptors (Lipinski definition) is 4. The Morgan fingerprint density at radius 2 is 1.83 bits per heavy atom. The molecule has 1 aliphatic heterocycles. The number of rotatable bonds is 4. The fourth-order valence-electron chi connectivity index (χ4n) is 3.21. The van der Waals surface area contributed by atoms with E-state index in [2.05, 4.69) is 4.98 Å². The van der Waals surface area contributed by atoms with Crippen molar-refractivity contribution >= 4 is 11.9 Å². The first-order chi connectivity index (χ1) is 10.9. The van der Waals surface area contributed by atoms with E-state index in [0.717, 1.165) is 44.5 Å². The molecule has 6 nitrogen and oxygen atoms in total. The van der Waals surface area contributed by atoms with E-state index in [1.807, 2.05) is 0 Å². The first-order valence-corrected chi connectivity index (χ1v) is 8.23. The van der Waals surface area contributed by atoms with Gasteiger partial charge in [-0.25, -0.2) is 4.79 Å². The largest absolute Gasteiger partial charge is 0.451 e. The molecule has 1 saturated heterocycles. The summed E-state index contributed by atoms with van der Waals surface area (Å²) in [5.74, 6) is -0.697. The van der Waals surface area contributed by atoms with E-state index in [4.69, 9.17) is 4.74 Å². The highest BCUT2D eigenvalue weighted by Gasteiger charge is 2.23. The van der Waals surface area contributed by atoms with Crippen molar-refractivity contribution in [1.29, 1.82) is 0 Å². The van der Waals surface area contributed by atoms with Crippen molar-refractivity contribution in [2.45, 2.75) is 52.6 Å². The Hall–Kier alpha value is -1.82. The van der Waals surface area contributed by atoms with Gasteiger partial charge < -0.3 is 19.7 Å². The molecular formula is C17H26N2O4. The van der Waals surface area contributed by atoms with E-state index in [9.17, 15) is 14.7 Å². The average Bonchev–Trinajstić information content (AvgIpc) is 2.70. The molecule has 2 heterocycles. The van der Waals surface area contributed by atoms with E-state index in [1.54, 1.807) is 25.7 Å². The van der Waals surface area contributed by atoms with Crippen LogP contribution in [0.2, 0.25) is 0 Å². The number of hydrogen-bond donors (Lipinski definition) is 2. The van der Waals surface area contributed by atoms with Gasteiger partial charge in [0.2, 0.25) is 0 Å². The molecule has 0 radical (unpaired) electrons. The standard InChI is InChI=1S/C17H26N2O4/c1-11-15(13(3)20)12(2)18-16(11)17(22)23-10-14(21)19-8-6-4-5-7-9-19/h13,18,20H,4-10H2,1-3H3/t13-/m0/s1. The Labute approximate surface area is 136 Å². The summed E-state index contributed by atoms with van der Waals surface area (Å²) in [7, 11) is 0. The minimum absolute atomic E-state index is 0.142. The fourth-order valence-corrected chi connectivity index (χ4v) is 3.21. The summed E-state index contributed by atoms with van der Waals surface area (Å²) in [6.07, 6.45) is 3.64. The normalized spacial score (nSPS) is 16.8. The van der Waals surface area contributed by atoms with Gasteiger partial charge in [0.1, 0.15) is 5.69 Å². The monoisotopic (exact) mass is 322 g/mol. The summed E-state index contributed by atoms with van der Waals surface area (Å²) in [5, 5.41) is 9.76. The van der Waals surface area contributed by atoms with Crippen molar-refractivity contribution in [3.05, 3.63) is 22.5 Å². The quantitative estimate of drug-likeness (QED) is 0.833. The van der Waals surface area contributed by atoms with Crippen LogP contribution in [0.25, 0.3) is 0 Å². The van der Waals surface area contributed by atoms with Gasteiger partial charge in [-0.2, -0.15) is 0 Å². The highest BCUT2D eigenvalue weighted by molar-refractivity contribution is 5.91. The van der Waals surface area contributed by atoms with Crippen molar-refractivity contribution in [1.82, 2.24) is 9.88 Å². The zero-order chi connectivity index (χ0) is 17.0. The highest BCUT2D eigenvalue weighted by atomic mass is 16.5. The number of aliphatic hydroxyl groups excluding tert-OH is 1. The van der Waals surface area contributed by atoms with Crippen LogP contribution in [0, 0.1) is 13.8 Å². The number of carbonyl (C=O) groups is 2. The maximum Gasteiger partial charge on any atom is 0.355 e. The van der Waals surface area contributed by atoms with E-state index < -0.39 is 12.1 Å². The molecule has 0 saturated carbocycles. The van der Waals surface area contributed by atoms with E-state index in [0.29, 0.717) is 16.8 Å². The number of H-pyrrole nitrogens is 1. The molecule has 1 aromatic rings. The van der Waals surface area contributed by atoms with E-state index in [1.165, 1.54) is 0 Å². The summed E-state index contributed by atoms with van der Waals surface area (Å²) in [6, 6.07) is 0. The molecule has 0 bridgehead atoms. The van der Waals surface area contributed by atoms with Crippen LogP contribution in [0.5, 0.6) is 0 Å². The van der Waals surface area contributed by atoms with Crippen molar-refractivity contribution in [3.63, 3.8) is 0 Å². The molecule has 1 aromatic heterocycles. The highest BCUT2D eigenvalue weighted by Crippen LogP contribution is 2.24. The third kappa shape index (κ3) is 4.13. The van der Waals surface area contributed by atoms with Crippen LogP contribution >= 0.6 is 0 Å². The molecule has 2 rings (SSSR count). The molecule has 6 heteroatoms. The van der Waals surface area contributed by atoms with Crippen LogP contribution in [0.15, 0.2) is 0 Å². The fraction of sp³-hybridized carbons (Fsp3) is 0.647. The predicted octanol–water partition coefficient (Wildman–Crippen LogP) is 2.24. The Balaban J connectivity index is 1.97. The molecule has 1 atom stereocenters. The zero-order valence-electron chi connectivity index (χ0n) is 14.1. The van der Waals surface area contributed by atoms with Crippen molar-refractivity contribution < 1.29 is 19.4 Å². The number of aryl methyl sites for hydroxylation is 1. The molecule has 0 aromatic carbocycles. The lowest BCUT2D eigenvalue weighted by molar-refractivity contribution is -0.134. The minimum atomic E-state index is -0.661. The lowest BCUT2D eigenvalue weighted by Crippen LogP contribution is -2.35. The van der Waals surface area contributed by atoms with Crippen LogP contribution in [-0.2, 0) is 9.53 Å². The number of nitrogens with one attached hydrogen (secondary N) is 1. The number of aromatic amines is 1. The molecule has 23 heavy (non-hydrogen) atoms. The predicted molar refractivity (Wildman–Crippen MR) is 86.2 cm³/mol. The van der Waals surface area contributed by atoms with Gasteiger partial charge >= 0.3 is 5.97 Å². The van der Waals surface area contributed by atoms with Gasteiger partial charge in [0, 0.05) is 24.3 Å². The first-order valence-electron chi connectivity index (χ1n) is 8.23. The third-order valence-corrected chi connectivity index (χ3v) is 4.40. The Kier molecular flexibility index (Phi) is 5.82. The number of amides is 1. The number of esters is 1. The molecule has 1 amide bonds. The molecule has 0 aliphatic carbocycles. The summed E-state index contributed by atoms with van der Waals surface area (Å²) in [6.45, 7) is 6.46. The second-order valence-electron chi connectivity index (χ2n) is 6.21. The molecular weight excluding hydrogens is 296 g/mol. The van der Waals surface area contributed by atoms with E-state index in [-0.39, 0.29) is 12.5 Å². The number of nitrogens with zero attached hydrogens (tertiary/aromatic N) is 1. The van der Waals surface area contributed by atoms with Crippen LogP contribution in [0.1, 0.15) is 66.0 Å². The molecule has 1 fully saturated rings. The maximum absolute atomic E-state index is 12.2. The summed E-state index contributed by atoms with van der Waals surface area (Å²) >= 11 is 0. The SMILES string of the molecule is Cc1[nH]c(C(=O)OCC(=O)N2CCCCCC2)c(C)c1[C@H](C)O. The van der Waals surface area contributed by atoms with Crippen molar-refractivity contribution in [2.75, 3.05) is 19.7 Å². The maximum atomic E-state index is 12.2. The van der Waals surface area contributed by atoms with Gasteiger partial charge in [0.25, 0.3) is 5.91 Å². The van der Waals surface area contributed by atoms with Gasteiger partial charge in [0.15, 0.2) is 6.61 Å². The Morgan fingerprint density at radius 1 is 1.22 bits per heavy atom. The lowest BCUT2D eigenvalue weighted by Gasteiger charge is -2.19. The summed E-state index contributed by atoms with van der Waals surface area (Å²) in [4.78, 5) is 29.1. The number of aliphatic hydroxyl groups is 1. The number of aromatic nitrogens is 1. The molecule has 128 valence electrons. The van der Waals surface area contributed by atoms with Gasteiger partial charge in [0.05, 0.1) is 6.10 Å².